The normalized spacial score (nSPS) is 11.7. The summed E-state index contributed by atoms with van der Waals surface area (Å²) < 4.78 is 0. The van der Waals surface area contributed by atoms with Gasteiger partial charge in [0.2, 0.25) is 5.91 Å². The second-order valence-corrected chi connectivity index (χ2v) is 6.05. The molecule has 0 saturated carbocycles. The maximum Gasteiger partial charge on any atom is 0.303 e. The standard InChI is InChI=1S/C21H20N2O5/c22-20(27)17(11-13-19(25)26)23-21(28)16-9-6-14(7-10-16)8-12-18(24)15-4-2-1-3-5-15/h1-10,12,17H,11,13H2,(H2,22,27)(H,23,28)(H,25,26)/b12-8+. The molecule has 0 aliphatic carbocycles. The van der Waals surface area contributed by atoms with Crippen molar-refractivity contribution in [2.24, 2.45) is 5.73 Å². The number of carboxylic acids is 1. The van der Waals surface area contributed by atoms with Crippen LogP contribution in [0.4, 0.5) is 0 Å². The van der Waals surface area contributed by atoms with Gasteiger partial charge in [0.15, 0.2) is 5.78 Å². The molecular formula is C21H20N2O5. The lowest BCUT2D eigenvalue weighted by atomic mass is 10.1. The van der Waals surface area contributed by atoms with Gasteiger partial charge >= 0.3 is 5.97 Å². The highest BCUT2D eigenvalue weighted by Gasteiger charge is 2.19. The molecule has 0 saturated heterocycles. The van der Waals surface area contributed by atoms with Gasteiger partial charge < -0.3 is 16.2 Å². The molecule has 1 unspecified atom stereocenters. The first-order valence-electron chi connectivity index (χ1n) is 8.56. The third kappa shape index (κ3) is 6.21. The quantitative estimate of drug-likeness (QED) is 0.453. The lowest BCUT2D eigenvalue weighted by Gasteiger charge is -2.14. The summed E-state index contributed by atoms with van der Waals surface area (Å²) in [6.07, 6.45) is 2.71. The first-order chi connectivity index (χ1) is 13.4. The van der Waals surface area contributed by atoms with Crippen molar-refractivity contribution in [3.05, 3.63) is 77.4 Å². The van der Waals surface area contributed by atoms with Crippen molar-refractivity contribution in [2.45, 2.75) is 18.9 Å². The van der Waals surface area contributed by atoms with Crippen molar-refractivity contribution < 1.29 is 24.3 Å². The van der Waals surface area contributed by atoms with Gasteiger partial charge in [0.25, 0.3) is 5.91 Å². The van der Waals surface area contributed by atoms with E-state index in [2.05, 4.69) is 5.32 Å². The zero-order valence-corrected chi connectivity index (χ0v) is 15.0. The molecule has 0 aliphatic heterocycles. The summed E-state index contributed by atoms with van der Waals surface area (Å²) in [7, 11) is 0. The molecule has 7 nitrogen and oxygen atoms in total. The number of benzene rings is 2. The lowest BCUT2D eigenvalue weighted by Crippen LogP contribution is -2.44. The average Bonchev–Trinajstić information content (AvgIpc) is 2.69. The van der Waals surface area contributed by atoms with E-state index in [0.29, 0.717) is 5.56 Å². The minimum Gasteiger partial charge on any atom is -0.481 e. The topological polar surface area (TPSA) is 127 Å². The van der Waals surface area contributed by atoms with E-state index in [4.69, 9.17) is 10.8 Å². The van der Waals surface area contributed by atoms with E-state index in [-0.39, 0.29) is 24.2 Å². The SMILES string of the molecule is NC(=O)C(CCC(=O)O)NC(=O)c1ccc(/C=C/C(=O)c2ccccc2)cc1. The molecule has 7 heteroatoms. The van der Waals surface area contributed by atoms with Crippen LogP contribution < -0.4 is 11.1 Å². The second kappa shape index (κ2) is 9.82. The molecular weight excluding hydrogens is 360 g/mol. The molecule has 144 valence electrons. The number of hydrogen-bond acceptors (Lipinski definition) is 4. The summed E-state index contributed by atoms with van der Waals surface area (Å²) in [6, 6.07) is 14.2. The Kier molecular flexibility index (Phi) is 7.21. The van der Waals surface area contributed by atoms with Crippen molar-refractivity contribution >= 4 is 29.6 Å². The first kappa shape index (κ1) is 20.6. The number of carbonyl (C=O) groups excluding carboxylic acids is 3. The van der Waals surface area contributed by atoms with Crippen molar-refractivity contribution in [3.8, 4) is 0 Å². The highest BCUT2D eigenvalue weighted by atomic mass is 16.4. The minimum atomic E-state index is -1.08. The van der Waals surface area contributed by atoms with E-state index in [9.17, 15) is 19.2 Å². The zero-order valence-electron chi connectivity index (χ0n) is 15.0. The van der Waals surface area contributed by atoms with Crippen molar-refractivity contribution in [1.82, 2.24) is 5.32 Å². The zero-order chi connectivity index (χ0) is 20.5. The third-order valence-corrected chi connectivity index (χ3v) is 3.95. The molecule has 2 rings (SSSR count). The van der Waals surface area contributed by atoms with Gasteiger partial charge in [-0.25, -0.2) is 0 Å². The summed E-state index contributed by atoms with van der Waals surface area (Å²) in [4.78, 5) is 46.3. The molecule has 0 heterocycles. The number of hydrogen-bond donors (Lipinski definition) is 3. The van der Waals surface area contributed by atoms with Gasteiger partial charge in [-0.1, -0.05) is 48.5 Å². The monoisotopic (exact) mass is 380 g/mol. The van der Waals surface area contributed by atoms with Crippen LogP contribution in [0, 0.1) is 0 Å². The molecule has 0 fully saturated rings. The van der Waals surface area contributed by atoms with Gasteiger partial charge in [-0.3, -0.25) is 19.2 Å². The number of primary amides is 1. The Morgan fingerprint density at radius 1 is 0.964 bits per heavy atom. The summed E-state index contributed by atoms with van der Waals surface area (Å²) in [5.41, 5.74) is 6.78. The second-order valence-electron chi connectivity index (χ2n) is 6.05. The maximum atomic E-state index is 12.2. The fraction of sp³-hybridized carbons (Fsp3) is 0.143. The minimum absolute atomic E-state index is 0.0845. The molecule has 0 aliphatic rings. The largest absolute Gasteiger partial charge is 0.481 e. The number of ketones is 1. The van der Waals surface area contributed by atoms with Crippen molar-refractivity contribution in [3.63, 3.8) is 0 Å². The Hall–Kier alpha value is -3.74. The number of aliphatic carboxylic acids is 1. The Balaban J connectivity index is 1.99. The van der Waals surface area contributed by atoms with Crippen LogP contribution in [0.3, 0.4) is 0 Å². The van der Waals surface area contributed by atoms with Crippen LogP contribution >= 0.6 is 0 Å². The predicted octanol–water partition coefficient (Wildman–Crippen LogP) is 2.03. The van der Waals surface area contributed by atoms with Crippen molar-refractivity contribution in [1.29, 1.82) is 0 Å². The van der Waals surface area contributed by atoms with E-state index in [1.165, 1.54) is 18.2 Å². The molecule has 4 N–H and O–H groups in total. The van der Waals surface area contributed by atoms with Gasteiger partial charge in [-0.05, 0) is 30.2 Å². The molecule has 1 atom stereocenters. The highest BCUT2D eigenvalue weighted by molar-refractivity contribution is 6.06. The average molecular weight is 380 g/mol. The smallest absolute Gasteiger partial charge is 0.303 e. The van der Waals surface area contributed by atoms with Gasteiger partial charge in [-0.2, -0.15) is 0 Å². The molecule has 0 aromatic heterocycles. The summed E-state index contributed by atoms with van der Waals surface area (Å²) in [5.74, 6) is -2.55. The van der Waals surface area contributed by atoms with Gasteiger partial charge in [0.05, 0.1) is 0 Å². The van der Waals surface area contributed by atoms with Crippen LogP contribution in [0.2, 0.25) is 0 Å². The van der Waals surface area contributed by atoms with E-state index >= 15 is 0 Å². The van der Waals surface area contributed by atoms with Crippen LogP contribution in [0.5, 0.6) is 0 Å². The van der Waals surface area contributed by atoms with E-state index < -0.39 is 23.8 Å². The van der Waals surface area contributed by atoms with Crippen molar-refractivity contribution in [2.75, 3.05) is 0 Å². The number of nitrogens with two attached hydrogens (primary N) is 1. The van der Waals surface area contributed by atoms with Gasteiger partial charge in [0, 0.05) is 17.5 Å². The number of rotatable bonds is 9. The molecule has 2 amide bonds. The number of carbonyl (C=O) groups is 4. The van der Waals surface area contributed by atoms with E-state index in [1.54, 1.807) is 42.5 Å². The van der Waals surface area contributed by atoms with Crippen LogP contribution in [-0.2, 0) is 9.59 Å². The Morgan fingerprint density at radius 2 is 1.61 bits per heavy atom. The molecule has 28 heavy (non-hydrogen) atoms. The highest BCUT2D eigenvalue weighted by Crippen LogP contribution is 2.09. The fourth-order valence-corrected chi connectivity index (χ4v) is 2.41. The third-order valence-electron chi connectivity index (χ3n) is 3.95. The van der Waals surface area contributed by atoms with E-state index in [1.807, 2.05) is 6.07 Å². The van der Waals surface area contributed by atoms with Crippen LogP contribution in [-0.4, -0.2) is 34.7 Å². The number of allylic oxidation sites excluding steroid dienone is 1. The van der Waals surface area contributed by atoms with E-state index in [0.717, 1.165) is 5.56 Å². The predicted molar refractivity (Wildman–Crippen MR) is 104 cm³/mol. The van der Waals surface area contributed by atoms with Crippen LogP contribution in [0.25, 0.3) is 6.08 Å². The molecule has 2 aromatic rings. The van der Waals surface area contributed by atoms with Crippen LogP contribution in [0.15, 0.2) is 60.7 Å². The summed E-state index contributed by atoms with van der Waals surface area (Å²) >= 11 is 0. The number of amides is 2. The number of carboxylic acid groups (broad SMARTS) is 1. The fourth-order valence-electron chi connectivity index (χ4n) is 2.41. The maximum absolute atomic E-state index is 12.2. The van der Waals surface area contributed by atoms with Gasteiger partial charge in [0.1, 0.15) is 6.04 Å². The number of nitrogens with one attached hydrogen (secondary N) is 1. The summed E-state index contributed by atoms with van der Waals surface area (Å²) in [6.45, 7) is 0. The first-order valence-corrected chi connectivity index (χ1v) is 8.56. The molecule has 2 aromatic carbocycles. The Morgan fingerprint density at radius 3 is 2.18 bits per heavy atom. The molecule has 0 spiro atoms. The Bertz CT molecular complexity index is 889. The molecule has 0 bridgehead atoms. The summed E-state index contributed by atoms with van der Waals surface area (Å²) in [5, 5.41) is 11.1. The lowest BCUT2D eigenvalue weighted by molar-refractivity contribution is -0.137. The van der Waals surface area contributed by atoms with Gasteiger partial charge in [-0.15, -0.1) is 0 Å². The van der Waals surface area contributed by atoms with Crippen LogP contribution in [0.1, 0.15) is 39.1 Å². The Labute approximate surface area is 161 Å². The molecule has 0 radical (unpaired) electrons.